The van der Waals surface area contributed by atoms with E-state index in [2.05, 4.69) is 5.43 Å². The van der Waals surface area contributed by atoms with E-state index in [0.717, 1.165) is 22.9 Å². The van der Waals surface area contributed by atoms with Crippen molar-refractivity contribution < 1.29 is 14.4 Å². The number of hydrogen-bond acceptors (Lipinski definition) is 7. The SMILES string of the molecule is CN1C(=O)N(C)[C@@]2(c3ccccc3)NN3C(=N[C@]12c1ccccc1)SC1=C3C(=O)c2ccccc2C1=O. The second kappa shape index (κ2) is 7.41. The molecule has 4 aliphatic rings. The van der Waals surface area contributed by atoms with Crippen LogP contribution in [0, 0.1) is 0 Å². The van der Waals surface area contributed by atoms with E-state index in [1.54, 1.807) is 53.2 Å². The lowest BCUT2D eigenvalue weighted by atomic mass is 9.80. The molecule has 1 N–H and O–H groups in total. The molecule has 1 fully saturated rings. The Morgan fingerprint density at radius 3 is 1.95 bits per heavy atom. The number of urea groups is 1. The van der Waals surface area contributed by atoms with Crippen LogP contribution < -0.4 is 5.43 Å². The van der Waals surface area contributed by atoms with Crippen LogP contribution in [0.3, 0.4) is 0 Å². The molecule has 1 aliphatic carbocycles. The largest absolute Gasteiger partial charge is 0.323 e. The summed E-state index contributed by atoms with van der Waals surface area (Å²) in [5.74, 6) is -0.467. The van der Waals surface area contributed by atoms with E-state index >= 15 is 0 Å². The van der Waals surface area contributed by atoms with E-state index in [4.69, 9.17) is 4.99 Å². The molecule has 9 heteroatoms. The molecule has 1 saturated heterocycles. The Morgan fingerprint density at radius 2 is 1.30 bits per heavy atom. The maximum absolute atomic E-state index is 13.7. The standard InChI is InChI=1S/C28H21N5O3S/c1-31-26(36)32(2)28(18-13-7-4-8-14-18)27(31,17-11-5-3-6-12-17)29-25-33(30-28)21-22(34)19-15-9-10-16-20(19)23(35)24(21)37-25/h3-16,30H,1-2H3/t27-,28-/m1/s1. The number of allylic oxidation sites excluding steroid dienone is 2. The fourth-order valence-corrected chi connectivity index (χ4v) is 6.99. The van der Waals surface area contributed by atoms with Crippen molar-refractivity contribution >= 4 is 34.5 Å². The van der Waals surface area contributed by atoms with Crippen LogP contribution in [0.5, 0.6) is 0 Å². The van der Waals surface area contributed by atoms with E-state index < -0.39 is 11.3 Å². The highest BCUT2D eigenvalue weighted by atomic mass is 32.2. The number of aliphatic imine (C=N–C) groups is 1. The fraction of sp³-hybridized carbons (Fsp3) is 0.143. The van der Waals surface area contributed by atoms with E-state index in [-0.39, 0.29) is 23.3 Å². The van der Waals surface area contributed by atoms with Crippen LogP contribution in [0.4, 0.5) is 4.79 Å². The van der Waals surface area contributed by atoms with Gasteiger partial charge in [0.15, 0.2) is 10.8 Å². The number of nitrogens with one attached hydrogen (secondary N) is 1. The zero-order valence-electron chi connectivity index (χ0n) is 20.0. The number of amidine groups is 1. The molecule has 0 aromatic heterocycles. The minimum atomic E-state index is -1.23. The summed E-state index contributed by atoms with van der Waals surface area (Å²) in [6.07, 6.45) is 0. The molecule has 3 heterocycles. The van der Waals surface area contributed by atoms with E-state index in [1.165, 1.54) is 0 Å². The molecule has 3 aromatic rings. The van der Waals surface area contributed by atoms with E-state index in [0.29, 0.717) is 21.2 Å². The Kier molecular flexibility index (Phi) is 4.41. The van der Waals surface area contributed by atoms with Gasteiger partial charge in [-0.05, 0) is 17.3 Å². The van der Waals surface area contributed by atoms with Crippen LogP contribution in [0.15, 0.2) is 101 Å². The Balaban J connectivity index is 1.52. The molecule has 7 rings (SSSR count). The first-order valence-corrected chi connectivity index (χ1v) is 12.6. The average Bonchev–Trinajstić information content (AvgIpc) is 3.39. The fourth-order valence-electron chi connectivity index (χ4n) is 5.92. The summed E-state index contributed by atoms with van der Waals surface area (Å²) in [5, 5.41) is 2.04. The summed E-state index contributed by atoms with van der Waals surface area (Å²) in [4.78, 5) is 49.8. The normalized spacial score (nSPS) is 26.2. The lowest BCUT2D eigenvalue weighted by Gasteiger charge is -2.52. The minimum absolute atomic E-state index is 0.209. The number of fused-ring (bicyclic) bond motifs is 4. The first-order valence-electron chi connectivity index (χ1n) is 11.8. The minimum Gasteiger partial charge on any atom is -0.299 e. The highest BCUT2D eigenvalue weighted by molar-refractivity contribution is 8.18. The van der Waals surface area contributed by atoms with Crippen LogP contribution >= 0.6 is 11.8 Å². The first kappa shape index (κ1) is 22.0. The molecule has 0 bridgehead atoms. The van der Waals surface area contributed by atoms with Crippen LogP contribution in [0.25, 0.3) is 0 Å². The van der Waals surface area contributed by atoms with Gasteiger partial charge in [0.1, 0.15) is 5.70 Å². The molecule has 37 heavy (non-hydrogen) atoms. The zero-order chi connectivity index (χ0) is 25.5. The Morgan fingerprint density at radius 1 is 0.730 bits per heavy atom. The predicted molar refractivity (Wildman–Crippen MR) is 139 cm³/mol. The topological polar surface area (TPSA) is 85.3 Å². The highest BCUT2D eigenvalue weighted by Gasteiger charge is 2.71. The molecule has 0 saturated carbocycles. The number of hydrazine groups is 1. The van der Waals surface area contributed by atoms with Crippen molar-refractivity contribution in [1.29, 1.82) is 0 Å². The second-order valence-corrected chi connectivity index (χ2v) is 10.3. The number of hydrogen-bond donors (Lipinski definition) is 1. The van der Waals surface area contributed by atoms with Crippen molar-refractivity contribution in [2.24, 2.45) is 4.99 Å². The summed E-state index contributed by atoms with van der Waals surface area (Å²) in [6, 6.07) is 25.9. The number of rotatable bonds is 2. The molecule has 3 aromatic carbocycles. The van der Waals surface area contributed by atoms with Crippen molar-refractivity contribution in [3.63, 3.8) is 0 Å². The molecular weight excluding hydrogens is 486 g/mol. The van der Waals surface area contributed by atoms with Gasteiger partial charge in [0.2, 0.25) is 17.2 Å². The molecule has 3 aliphatic heterocycles. The number of amides is 2. The molecule has 2 atom stereocenters. The van der Waals surface area contributed by atoms with Crippen molar-refractivity contribution in [1.82, 2.24) is 20.2 Å². The summed E-state index contributed by atoms with van der Waals surface area (Å²) in [6.45, 7) is 0. The third-order valence-corrected chi connectivity index (χ3v) is 8.67. The van der Waals surface area contributed by atoms with E-state index in [9.17, 15) is 14.4 Å². The van der Waals surface area contributed by atoms with Crippen LogP contribution in [-0.2, 0) is 11.3 Å². The van der Waals surface area contributed by atoms with Crippen molar-refractivity contribution in [2.75, 3.05) is 14.1 Å². The molecule has 182 valence electrons. The molecule has 0 radical (unpaired) electrons. The van der Waals surface area contributed by atoms with Gasteiger partial charge in [-0.15, -0.1) is 0 Å². The quantitative estimate of drug-likeness (QED) is 0.566. The number of nitrogens with zero attached hydrogens (tertiary/aromatic N) is 4. The maximum Gasteiger partial charge on any atom is 0.323 e. The molecule has 0 spiro atoms. The van der Waals surface area contributed by atoms with Crippen molar-refractivity contribution in [3.8, 4) is 0 Å². The molecule has 8 nitrogen and oxygen atoms in total. The Labute approximate surface area is 217 Å². The van der Waals surface area contributed by atoms with Gasteiger partial charge in [0.05, 0.1) is 4.91 Å². The maximum atomic E-state index is 13.7. The number of thioether (sulfide) groups is 1. The van der Waals surface area contributed by atoms with Gasteiger partial charge >= 0.3 is 6.03 Å². The van der Waals surface area contributed by atoms with Crippen LogP contribution in [0.1, 0.15) is 31.8 Å². The first-order chi connectivity index (χ1) is 17.9. The Bertz CT molecular complexity index is 1590. The van der Waals surface area contributed by atoms with Gasteiger partial charge in [-0.1, -0.05) is 84.9 Å². The smallest absolute Gasteiger partial charge is 0.299 e. The zero-order valence-corrected chi connectivity index (χ0v) is 20.8. The third-order valence-electron chi connectivity index (χ3n) is 7.63. The number of benzene rings is 3. The number of ketones is 2. The predicted octanol–water partition coefficient (Wildman–Crippen LogP) is 3.90. The number of likely N-dealkylation sites (N-methyl/N-ethyl adjacent to an activating group) is 2. The summed E-state index contributed by atoms with van der Waals surface area (Å²) < 4.78 is 0. The van der Waals surface area contributed by atoms with Gasteiger partial charge < -0.3 is 0 Å². The number of carbonyl (C=O) groups excluding carboxylic acids is 3. The second-order valence-electron chi connectivity index (χ2n) is 9.34. The average molecular weight is 508 g/mol. The molecule has 0 unspecified atom stereocenters. The van der Waals surface area contributed by atoms with Crippen LogP contribution in [0.2, 0.25) is 0 Å². The molecular formula is C28H21N5O3S. The van der Waals surface area contributed by atoms with Gasteiger partial charge in [-0.3, -0.25) is 19.4 Å². The van der Waals surface area contributed by atoms with Crippen LogP contribution in [-0.4, -0.2) is 51.7 Å². The van der Waals surface area contributed by atoms with Gasteiger partial charge in [-0.2, -0.15) is 5.43 Å². The summed E-state index contributed by atoms with van der Waals surface area (Å²) in [7, 11) is 3.46. The Hall–Kier alpha value is -4.21. The van der Waals surface area contributed by atoms with Gasteiger partial charge in [-0.25, -0.2) is 14.8 Å². The lowest BCUT2D eigenvalue weighted by molar-refractivity contribution is -0.0189. The highest BCUT2D eigenvalue weighted by Crippen LogP contribution is 2.57. The summed E-state index contributed by atoms with van der Waals surface area (Å²) >= 11 is 1.16. The van der Waals surface area contributed by atoms with Gasteiger partial charge in [0, 0.05) is 30.8 Å². The lowest BCUT2D eigenvalue weighted by Crippen LogP contribution is -2.70. The van der Waals surface area contributed by atoms with Crippen molar-refractivity contribution in [3.05, 3.63) is 118 Å². The number of Topliss-reactive ketones (excluding diaryl/α,β-unsaturated/α-hetero) is 2. The third kappa shape index (κ3) is 2.52. The van der Waals surface area contributed by atoms with E-state index in [1.807, 2.05) is 60.7 Å². The molecule has 2 amide bonds. The summed E-state index contributed by atoms with van der Waals surface area (Å²) in [5.41, 5.74) is 3.66. The van der Waals surface area contributed by atoms with Gasteiger partial charge in [0.25, 0.3) is 0 Å². The van der Waals surface area contributed by atoms with Crippen molar-refractivity contribution in [2.45, 2.75) is 11.3 Å². The number of carbonyl (C=O) groups is 3. The monoisotopic (exact) mass is 507 g/mol.